The molecule has 3 N–H and O–H groups in total. The van der Waals surface area contributed by atoms with Crippen LogP contribution in [-0.4, -0.2) is 74.0 Å². The van der Waals surface area contributed by atoms with Crippen LogP contribution in [0.3, 0.4) is 0 Å². The van der Waals surface area contributed by atoms with Crippen LogP contribution in [0, 0.1) is 18.3 Å². The van der Waals surface area contributed by atoms with Gasteiger partial charge < -0.3 is 20.5 Å². The number of hydrogen-bond donors (Lipinski definition) is 3. The zero-order valence-corrected chi connectivity index (χ0v) is 20.8. The number of aryl methyl sites for hydroxylation is 1. The van der Waals surface area contributed by atoms with Crippen molar-refractivity contribution in [3.8, 4) is 0 Å². The third-order valence-corrected chi connectivity index (χ3v) is 6.82. The first-order chi connectivity index (χ1) is 13.6. The number of aliphatic imine (C=N–C) groups is 1. The van der Waals surface area contributed by atoms with E-state index in [-0.39, 0.29) is 36.0 Å². The molecule has 166 valence electrons. The Morgan fingerprint density at radius 3 is 2.79 bits per heavy atom. The molecule has 1 aromatic rings. The van der Waals surface area contributed by atoms with Crippen LogP contribution < -0.4 is 10.6 Å². The van der Waals surface area contributed by atoms with E-state index in [9.17, 15) is 5.11 Å². The lowest BCUT2D eigenvalue weighted by Crippen LogP contribution is -2.46. The third kappa shape index (κ3) is 7.61. The lowest BCUT2D eigenvalue weighted by molar-refractivity contribution is 0.127. The number of aliphatic hydroxyl groups is 1. The zero-order chi connectivity index (χ0) is 19.8. The Hall–Kier alpha value is -0.490. The summed E-state index contributed by atoms with van der Waals surface area (Å²) in [5, 5.41) is 19.6. The van der Waals surface area contributed by atoms with Gasteiger partial charge in [0.25, 0.3) is 0 Å². The number of aliphatic hydroxyl groups excluding tert-OH is 1. The van der Waals surface area contributed by atoms with E-state index < -0.39 is 0 Å². The maximum atomic E-state index is 9.37. The summed E-state index contributed by atoms with van der Waals surface area (Å²) in [7, 11) is 1.82. The van der Waals surface area contributed by atoms with Gasteiger partial charge in [-0.3, -0.25) is 9.89 Å². The fourth-order valence-electron chi connectivity index (χ4n) is 4.10. The molecule has 1 unspecified atom stereocenters. The Kier molecular flexibility index (Phi) is 10.6. The average Bonchev–Trinajstić information content (AvgIpc) is 3.33. The summed E-state index contributed by atoms with van der Waals surface area (Å²) < 4.78 is 5.57. The number of ether oxygens (including phenoxy) is 1. The highest BCUT2D eigenvalue weighted by atomic mass is 127. The van der Waals surface area contributed by atoms with Crippen LogP contribution >= 0.6 is 35.3 Å². The topological polar surface area (TPSA) is 82.0 Å². The largest absolute Gasteiger partial charge is 0.396 e. The molecule has 1 aromatic heterocycles. The number of aromatic nitrogens is 1. The molecule has 7 nitrogen and oxygen atoms in total. The van der Waals surface area contributed by atoms with Crippen molar-refractivity contribution in [3.05, 3.63) is 16.1 Å². The predicted octanol–water partition coefficient (Wildman–Crippen LogP) is 2.24. The molecule has 2 aliphatic rings. The fourth-order valence-corrected chi connectivity index (χ4v) is 4.71. The SMILES string of the molecule is CN=C(NCC1CCN(Cc2csc(C)n2)CC1)NCC1(CCO)CCOC1.I. The summed E-state index contributed by atoms with van der Waals surface area (Å²) in [6, 6.07) is 0. The lowest BCUT2D eigenvalue weighted by Gasteiger charge is -2.32. The molecule has 0 radical (unpaired) electrons. The minimum absolute atomic E-state index is 0. The fraction of sp³-hybridized carbons (Fsp3) is 0.800. The second-order valence-corrected chi connectivity index (χ2v) is 9.22. The molecule has 0 saturated carbocycles. The summed E-state index contributed by atoms with van der Waals surface area (Å²) in [4.78, 5) is 11.5. The second-order valence-electron chi connectivity index (χ2n) is 8.16. The lowest BCUT2D eigenvalue weighted by atomic mass is 9.84. The number of halogens is 1. The number of thiazole rings is 1. The van der Waals surface area contributed by atoms with Gasteiger partial charge in [0, 0.05) is 50.7 Å². The Bertz CT molecular complexity index is 628. The van der Waals surface area contributed by atoms with E-state index in [1.165, 1.54) is 18.5 Å². The van der Waals surface area contributed by atoms with E-state index in [0.29, 0.717) is 12.5 Å². The predicted molar refractivity (Wildman–Crippen MR) is 129 cm³/mol. The minimum Gasteiger partial charge on any atom is -0.396 e. The molecule has 3 rings (SSSR count). The highest BCUT2D eigenvalue weighted by Gasteiger charge is 2.34. The van der Waals surface area contributed by atoms with E-state index in [4.69, 9.17) is 4.74 Å². The van der Waals surface area contributed by atoms with Crippen molar-refractivity contribution in [1.82, 2.24) is 20.5 Å². The first-order valence-corrected chi connectivity index (χ1v) is 11.3. The second kappa shape index (κ2) is 12.4. The minimum atomic E-state index is 0. The summed E-state index contributed by atoms with van der Waals surface area (Å²) >= 11 is 1.73. The Balaban J connectivity index is 0.00000300. The molecule has 2 fully saturated rings. The van der Waals surface area contributed by atoms with E-state index in [0.717, 1.165) is 63.1 Å². The number of hydrogen-bond acceptors (Lipinski definition) is 6. The summed E-state index contributed by atoms with van der Waals surface area (Å²) in [6.07, 6.45) is 4.17. The number of rotatable bonds is 8. The molecule has 0 spiro atoms. The van der Waals surface area contributed by atoms with Crippen LogP contribution in [-0.2, 0) is 11.3 Å². The molecule has 9 heteroatoms. The number of nitrogens with zero attached hydrogens (tertiary/aromatic N) is 3. The van der Waals surface area contributed by atoms with Crippen molar-refractivity contribution in [1.29, 1.82) is 0 Å². The van der Waals surface area contributed by atoms with Crippen molar-refractivity contribution >= 4 is 41.3 Å². The highest BCUT2D eigenvalue weighted by molar-refractivity contribution is 14.0. The average molecular weight is 538 g/mol. The molecule has 2 saturated heterocycles. The normalized spacial score (nSPS) is 23.8. The Labute approximate surface area is 195 Å². The molecular weight excluding hydrogens is 501 g/mol. The number of piperidine rings is 1. The van der Waals surface area contributed by atoms with Gasteiger partial charge in [0.1, 0.15) is 0 Å². The number of nitrogens with one attached hydrogen (secondary N) is 2. The van der Waals surface area contributed by atoms with Gasteiger partial charge in [-0.2, -0.15) is 0 Å². The van der Waals surface area contributed by atoms with Crippen molar-refractivity contribution in [2.75, 3.05) is 53.0 Å². The zero-order valence-electron chi connectivity index (χ0n) is 17.7. The molecule has 0 aromatic carbocycles. The summed E-state index contributed by atoms with van der Waals surface area (Å²) in [5.74, 6) is 1.53. The first kappa shape index (κ1) is 24.8. The van der Waals surface area contributed by atoms with Crippen LogP contribution in [0.2, 0.25) is 0 Å². The van der Waals surface area contributed by atoms with Gasteiger partial charge in [-0.05, 0) is 51.6 Å². The maximum absolute atomic E-state index is 9.37. The van der Waals surface area contributed by atoms with Crippen LogP contribution in [0.15, 0.2) is 10.4 Å². The standard InChI is InChI=1S/C20H35N5O2S.HI/c1-16-24-18(13-28-16)12-25-7-3-17(4-8-25)11-22-19(21-2)23-14-20(5-9-26)6-10-27-15-20;/h13,17,26H,3-12,14-15H2,1-2H3,(H2,21,22,23);1H. The molecule has 0 bridgehead atoms. The maximum Gasteiger partial charge on any atom is 0.191 e. The van der Waals surface area contributed by atoms with Crippen LogP contribution in [0.4, 0.5) is 0 Å². The van der Waals surface area contributed by atoms with Gasteiger partial charge in [0.2, 0.25) is 0 Å². The van der Waals surface area contributed by atoms with Crippen LogP contribution in [0.25, 0.3) is 0 Å². The van der Waals surface area contributed by atoms with E-state index in [1.807, 2.05) is 7.05 Å². The van der Waals surface area contributed by atoms with Crippen LogP contribution in [0.1, 0.15) is 36.4 Å². The van der Waals surface area contributed by atoms with Gasteiger partial charge in [0.05, 0.1) is 17.3 Å². The number of likely N-dealkylation sites (tertiary alicyclic amines) is 1. The molecule has 2 aliphatic heterocycles. The van der Waals surface area contributed by atoms with Crippen LogP contribution in [0.5, 0.6) is 0 Å². The van der Waals surface area contributed by atoms with Gasteiger partial charge in [-0.1, -0.05) is 0 Å². The quantitative estimate of drug-likeness (QED) is 0.268. The number of guanidine groups is 1. The van der Waals surface area contributed by atoms with Gasteiger partial charge >= 0.3 is 0 Å². The van der Waals surface area contributed by atoms with E-state index in [1.54, 1.807) is 11.3 Å². The molecule has 3 heterocycles. The van der Waals surface area contributed by atoms with Crippen molar-refractivity contribution in [3.63, 3.8) is 0 Å². The Morgan fingerprint density at radius 2 is 2.21 bits per heavy atom. The molecule has 0 amide bonds. The van der Waals surface area contributed by atoms with Gasteiger partial charge in [-0.25, -0.2) is 4.98 Å². The smallest absolute Gasteiger partial charge is 0.191 e. The third-order valence-electron chi connectivity index (χ3n) is 6.00. The van der Waals surface area contributed by atoms with Crippen molar-refractivity contribution in [2.24, 2.45) is 16.3 Å². The van der Waals surface area contributed by atoms with Gasteiger partial charge in [-0.15, -0.1) is 35.3 Å². The van der Waals surface area contributed by atoms with E-state index >= 15 is 0 Å². The van der Waals surface area contributed by atoms with Crippen molar-refractivity contribution in [2.45, 2.75) is 39.2 Å². The monoisotopic (exact) mass is 537 g/mol. The highest BCUT2D eigenvalue weighted by Crippen LogP contribution is 2.31. The molecule has 1 atom stereocenters. The Morgan fingerprint density at radius 1 is 1.41 bits per heavy atom. The molecule has 29 heavy (non-hydrogen) atoms. The van der Waals surface area contributed by atoms with E-state index in [2.05, 4.69) is 37.8 Å². The summed E-state index contributed by atoms with van der Waals surface area (Å²) in [6.45, 7) is 8.75. The first-order valence-electron chi connectivity index (χ1n) is 10.4. The molecule has 0 aliphatic carbocycles. The summed E-state index contributed by atoms with van der Waals surface area (Å²) in [5.41, 5.74) is 1.24. The molecular formula is C20H36IN5O2S. The van der Waals surface area contributed by atoms with Crippen molar-refractivity contribution < 1.29 is 9.84 Å². The van der Waals surface area contributed by atoms with Gasteiger partial charge in [0.15, 0.2) is 5.96 Å².